The summed E-state index contributed by atoms with van der Waals surface area (Å²) in [7, 11) is 1.57. The first kappa shape index (κ1) is 17.5. The molecule has 0 bridgehead atoms. The largest absolute Gasteiger partial charge is 0.478 e. The Bertz CT molecular complexity index is 901. The van der Waals surface area contributed by atoms with Crippen LogP contribution in [0.3, 0.4) is 0 Å². The van der Waals surface area contributed by atoms with Gasteiger partial charge in [0.15, 0.2) is 11.9 Å². The van der Waals surface area contributed by atoms with Crippen molar-refractivity contribution >= 4 is 23.5 Å². The maximum atomic E-state index is 12.8. The van der Waals surface area contributed by atoms with Gasteiger partial charge in [0.1, 0.15) is 17.1 Å². The number of aryl methyl sites for hydroxylation is 1. The number of ether oxygens (including phenoxy) is 1. The third kappa shape index (κ3) is 3.13. The van der Waals surface area contributed by atoms with E-state index in [0.29, 0.717) is 22.8 Å². The van der Waals surface area contributed by atoms with Gasteiger partial charge in [-0.1, -0.05) is 6.07 Å². The van der Waals surface area contributed by atoms with Crippen LogP contribution < -0.4 is 10.1 Å². The summed E-state index contributed by atoms with van der Waals surface area (Å²) in [6, 6.07) is 6.32. The molecule has 8 heteroatoms. The van der Waals surface area contributed by atoms with Gasteiger partial charge in [-0.15, -0.1) is 0 Å². The lowest BCUT2D eigenvalue weighted by Gasteiger charge is -2.26. The van der Waals surface area contributed by atoms with Crippen molar-refractivity contribution in [2.24, 2.45) is 0 Å². The Hall–Kier alpha value is -3.29. The normalized spacial score (nSPS) is 15.7. The SMILES string of the molecule is Cc1oc(CN(C)C(=O)c2cccc3c2O[C@@H](C)C(=O)N3)cc1C(=O)O. The van der Waals surface area contributed by atoms with Crippen LogP contribution in [0.4, 0.5) is 5.69 Å². The third-order valence-corrected chi connectivity index (χ3v) is 4.11. The fourth-order valence-electron chi connectivity index (χ4n) is 2.74. The molecule has 8 nitrogen and oxygen atoms in total. The molecule has 1 atom stereocenters. The molecular weight excluding hydrogens is 340 g/mol. The van der Waals surface area contributed by atoms with Crippen LogP contribution in [-0.2, 0) is 11.3 Å². The molecule has 0 aliphatic carbocycles. The number of aromatic carboxylic acids is 1. The van der Waals surface area contributed by atoms with Crippen molar-refractivity contribution in [3.8, 4) is 5.75 Å². The summed E-state index contributed by atoms with van der Waals surface area (Å²) in [6.45, 7) is 3.25. The van der Waals surface area contributed by atoms with E-state index < -0.39 is 12.1 Å². The summed E-state index contributed by atoms with van der Waals surface area (Å²) in [5.74, 6) is -0.729. The van der Waals surface area contributed by atoms with Crippen LogP contribution in [0.2, 0.25) is 0 Å². The van der Waals surface area contributed by atoms with Gasteiger partial charge < -0.3 is 24.5 Å². The minimum atomic E-state index is -1.08. The molecule has 1 aromatic heterocycles. The molecule has 0 radical (unpaired) electrons. The number of carboxylic acids is 1. The molecule has 2 N–H and O–H groups in total. The molecule has 0 saturated heterocycles. The molecule has 1 aliphatic rings. The monoisotopic (exact) mass is 358 g/mol. The lowest BCUT2D eigenvalue weighted by molar-refractivity contribution is -0.122. The fourth-order valence-corrected chi connectivity index (χ4v) is 2.74. The van der Waals surface area contributed by atoms with Gasteiger partial charge in [-0.2, -0.15) is 0 Å². The number of rotatable bonds is 4. The smallest absolute Gasteiger partial charge is 0.339 e. The number of carbonyl (C=O) groups excluding carboxylic acids is 2. The van der Waals surface area contributed by atoms with E-state index in [-0.39, 0.29) is 29.7 Å². The molecule has 1 aliphatic heterocycles. The van der Waals surface area contributed by atoms with Gasteiger partial charge in [0, 0.05) is 7.05 Å². The van der Waals surface area contributed by atoms with Crippen LogP contribution in [0.5, 0.6) is 5.75 Å². The molecule has 2 aromatic rings. The van der Waals surface area contributed by atoms with Crippen molar-refractivity contribution in [3.05, 3.63) is 46.9 Å². The maximum Gasteiger partial charge on any atom is 0.339 e. The second-order valence-corrected chi connectivity index (χ2v) is 6.08. The van der Waals surface area contributed by atoms with Gasteiger partial charge in [-0.3, -0.25) is 9.59 Å². The predicted octanol–water partition coefficient (Wildman–Crippen LogP) is 2.28. The van der Waals surface area contributed by atoms with E-state index >= 15 is 0 Å². The second-order valence-electron chi connectivity index (χ2n) is 6.08. The average Bonchev–Trinajstić information content (AvgIpc) is 2.95. The highest BCUT2D eigenvalue weighted by Crippen LogP contribution is 2.34. The number of carboxylic acid groups (broad SMARTS) is 1. The summed E-state index contributed by atoms with van der Waals surface area (Å²) in [5, 5.41) is 11.8. The van der Waals surface area contributed by atoms with E-state index in [2.05, 4.69) is 5.32 Å². The maximum absolute atomic E-state index is 12.8. The minimum Gasteiger partial charge on any atom is -0.478 e. The fraction of sp³-hybridized carbons (Fsp3) is 0.278. The molecule has 0 saturated carbocycles. The van der Waals surface area contributed by atoms with Crippen molar-refractivity contribution in [1.82, 2.24) is 4.90 Å². The highest BCUT2D eigenvalue weighted by atomic mass is 16.5. The first-order valence-electron chi connectivity index (χ1n) is 7.96. The number of anilines is 1. The zero-order valence-corrected chi connectivity index (χ0v) is 14.5. The highest BCUT2D eigenvalue weighted by Gasteiger charge is 2.29. The number of fused-ring (bicyclic) bond motifs is 1. The molecule has 3 rings (SSSR count). The van der Waals surface area contributed by atoms with Crippen molar-refractivity contribution in [2.75, 3.05) is 12.4 Å². The van der Waals surface area contributed by atoms with E-state index in [1.54, 1.807) is 39.1 Å². The Morgan fingerprint density at radius 3 is 2.69 bits per heavy atom. The molecule has 26 heavy (non-hydrogen) atoms. The summed E-state index contributed by atoms with van der Waals surface area (Å²) in [6.07, 6.45) is -0.701. The van der Waals surface area contributed by atoms with Crippen molar-refractivity contribution in [2.45, 2.75) is 26.5 Å². The Balaban J connectivity index is 1.84. The molecule has 0 spiro atoms. The summed E-state index contributed by atoms with van der Waals surface area (Å²) in [4.78, 5) is 37.0. The number of nitrogens with one attached hydrogen (secondary N) is 1. The van der Waals surface area contributed by atoms with Crippen LogP contribution in [-0.4, -0.2) is 40.9 Å². The molecule has 0 unspecified atom stereocenters. The van der Waals surface area contributed by atoms with E-state index in [1.807, 2.05) is 0 Å². The van der Waals surface area contributed by atoms with Crippen LogP contribution in [0, 0.1) is 6.92 Å². The number of carbonyl (C=O) groups is 3. The van der Waals surface area contributed by atoms with Crippen molar-refractivity contribution in [3.63, 3.8) is 0 Å². The van der Waals surface area contributed by atoms with Gasteiger partial charge in [-0.25, -0.2) is 4.79 Å². The molecule has 2 amide bonds. The Labute approximate surface area is 149 Å². The number of para-hydroxylation sites is 1. The number of furan rings is 1. The van der Waals surface area contributed by atoms with Crippen LogP contribution >= 0.6 is 0 Å². The molecule has 2 heterocycles. The molecule has 136 valence electrons. The van der Waals surface area contributed by atoms with Gasteiger partial charge in [-0.05, 0) is 32.0 Å². The van der Waals surface area contributed by atoms with E-state index in [4.69, 9.17) is 14.3 Å². The van der Waals surface area contributed by atoms with Crippen LogP contribution in [0.1, 0.15) is 39.2 Å². The summed E-state index contributed by atoms with van der Waals surface area (Å²) in [5.41, 5.74) is 0.811. The Morgan fingerprint density at radius 2 is 2.04 bits per heavy atom. The molecule has 0 fully saturated rings. The van der Waals surface area contributed by atoms with Crippen molar-refractivity contribution < 1.29 is 28.6 Å². The van der Waals surface area contributed by atoms with E-state index in [0.717, 1.165) is 0 Å². The Morgan fingerprint density at radius 1 is 1.31 bits per heavy atom. The van der Waals surface area contributed by atoms with E-state index in [9.17, 15) is 14.4 Å². The van der Waals surface area contributed by atoms with E-state index in [1.165, 1.54) is 11.0 Å². The minimum absolute atomic E-state index is 0.0674. The van der Waals surface area contributed by atoms with Crippen molar-refractivity contribution in [1.29, 1.82) is 0 Å². The summed E-state index contributed by atoms with van der Waals surface area (Å²) < 4.78 is 11.0. The second kappa shape index (κ2) is 6.55. The average molecular weight is 358 g/mol. The van der Waals surface area contributed by atoms with Gasteiger partial charge in [0.2, 0.25) is 0 Å². The zero-order valence-electron chi connectivity index (χ0n) is 14.5. The van der Waals surface area contributed by atoms with Crippen LogP contribution in [0.25, 0.3) is 0 Å². The quantitative estimate of drug-likeness (QED) is 0.868. The number of hydrogen-bond acceptors (Lipinski definition) is 5. The van der Waals surface area contributed by atoms with Gasteiger partial charge >= 0.3 is 5.97 Å². The lowest BCUT2D eigenvalue weighted by Crippen LogP contribution is -2.36. The lowest BCUT2D eigenvalue weighted by atomic mass is 10.1. The number of hydrogen-bond donors (Lipinski definition) is 2. The molecule has 1 aromatic carbocycles. The summed E-state index contributed by atoms with van der Waals surface area (Å²) >= 11 is 0. The first-order valence-corrected chi connectivity index (χ1v) is 7.96. The first-order chi connectivity index (χ1) is 12.3. The number of benzene rings is 1. The van der Waals surface area contributed by atoms with Gasteiger partial charge in [0.25, 0.3) is 11.8 Å². The Kier molecular flexibility index (Phi) is 4.41. The number of nitrogens with zero attached hydrogens (tertiary/aromatic N) is 1. The third-order valence-electron chi connectivity index (χ3n) is 4.11. The standard InChI is InChI=1S/C18H18N2O6/c1-9-13(18(23)24)7-11(25-9)8-20(3)17(22)12-5-4-6-14-15(12)26-10(2)16(21)19-14/h4-7,10H,8H2,1-3H3,(H,19,21)(H,23,24)/t10-/m0/s1. The topological polar surface area (TPSA) is 109 Å². The number of amides is 2. The highest BCUT2D eigenvalue weighted by molar-refractivity contribution is 6.03. The molecular formula is C18H18N2O6. The predicted molar refractivity (Wildman–Crippen MR) is 91.4 cm³/mol. The zero-order chi connectivity index (χ0) is 19.0. The van der Waals surface area contributed by atoms with Crippen LogP contribution in [0.15, 0.2) is 28.7 Å². The van der Waals surface area contributed by atoms with Gasteiger partial charge in [0.05, 0.1) is 17.8 Å².